The Morgan fingerprint density at radius 2 is 2.17 bits per heavy atom. The molecule has 0 fully saturated rings. The Morgan fingerprint density at radius 3 is 2.88 bits per heavy atom. The molecule has 24 heavy (non-hydrogen) atoms. The van der Waals surface area contributed by atoms with Crippen molar-refractivity contribution in [2.75, 3.05) is 27.2 Å². The number of carbonyl (C=O) groups is 1. The van der Waals surface area contributed by atoms with Crippen LogP contribution in [0.1, 0.15) is 17.2 Å². The summed E-state index contributed by atoms with van der Waals surface area (Å²) in [7, 11) is 4.04. The summed E-state index contributed by atoms with van der Waals surface area (Å²) in [5.74, 6) is 0.926. The van der Waals surface area contributed by atoms with Gasteiger partial charge in [-0.1, -0.05) is 18.2 Å². The van der Waals surface area contributed by atoms with Crippen LogP contribution in [0, 0.1) is 0 Å². The molecule has 0 radical (unpaired) electrons. The van der Waals surface area contributed by atoms with Gasteiger partial charge in [0.15, 0.2) is 0 Å². The first-order chi connectivity index (χ1) is 11.6. The summed E-state index contributed by atoms with van der Waals surface area (Å²) in [6, 6.07) is 10.1. The Balaban J connectivity index is 1.43. The van der Waals surface area contributed by atoms with E-state index in [0.717, 1.165) is 12.2 Å². The topological polar surface area (TPSA) is 53.6 Å². The molecule has 0 aliphatic carbocycles. The molecular weight excluding hydrogens is 322 g/mol. The fraction of sp³-hybridized carbons (Fsp3) is 0.389. The van der Waals surface area contributed by atoms with Crippen LogP contribution in [0.5, 0.6) is 5.75 Å². The fourth-order valence-corrected chi connectivity index (χ4v) is 3.60. The summed E-state index contributed by atoms with van der Waals surface area (Å²) in [5, 5.41) is 10.0. The van der Waals surface area contributed by atoms with Crippen LogP contribution in [-0.4, -0.2) is 44.2 Å². The Kier molecular flexibility index (Phi) is 5.37. The van der Waals surface area contributed by atoms with Gasteiger partial charge in [0.05, 0.1) is 12.6 Å². The number of thiophene rings is 1. The maximum atomic E-state index is 12.1. The molecule has 2 unspecified atom stereocenters. The Hall–Kier alpha value is -2.05. The van der Waals surface area contributed by atoms with Crippen molar-refractivity contribution < 1.29 is 9.53 Å². The molecule has 0 saturated carbocycles. The minimum atomic E-state index is -0.156. The van der Waals surface area contributed by atoms with Crippen molar-refractivity contribution in [1.82, 2.24) is 15.5 Å². The van der Waals surface area contributed by atoms with Crippen molar-refractivity contribution in [1.29, 1.82) is 0 Å². The van der Waals surface area contributed by atoms with Crippen molar-refractivity contribution in [3.63, 3.8) is 0 Å². The lowest BCUT2D eigenvalue weighted by Gasteiger charge is -2.24. The maximum Gasteiger partial charge on any atom is 0.314 e. The second kappa shape index (κ2) is 7.68. The Morgan fingerprint density at radius 1 is 1.33 bits per heavy atom. The van der Waals surface area contributed by atoms with Crippen LogP contribution in [0.25, 0.3) is 0 Å². The van der Waals surface area contributed by atoms with Gasteiger partial charge in [-0.15, -0.1) is 0 Å². The van der Waals surface area contributed by atoms with E-state index < -0.39 is 0 Å². The zero-order valence-corrected chi connectivity index (χ0v) is 14.8. The average Bonchev–Trinajstić information content (AvgIpc) is 3.22. The molecule has 2 heterocycles. The highest BCUT2D eigenvalue weighted by Crippen LogP contribution is 2.27. The zero-order chi connectivity index (χ0) is 16.9. The van der Waals surface area contributed by atoms with Crippen LogP contribution in [0.2, 0.25) is 0 Å². The van der Waals surface area contributed by atoms with Crippen molar-refractivity contribution in [2.45, 2.75) is 18.6 Å². The molecule has 1 aliphatic rings. The van der Waals surface area contributed by atoms with Gasteiger partial charge in [-0.2, -0.15) is 11.3 Å². The van der Waals surface area contributed by atoms with Crippen LogP contribution >= 0.6 is 11.3 Å². The predicted octanol–water partition coefficient (Wildman–Crippen LogP) is 2.65. The van der Waals surface area contributed by atoms with E-state index in [1.54, 1.807) is 11.3 Å². The smallest absolute Gasteiger partial charge is 0.314 e. The van der Waals surface area contributed by atoms with Gasteiger partial charge in [0.25, 0.3) is 0 Å². The van der Waals surface area contributed by atoms with Crippen LogP contribution in [0.4, 0.5) is 4.79 Å². The molecule has 0 bridgehead atoms. The number of rotatable bonds is 6. The molecule has 0 spiro atoms. The summed E-state index contributed by atoms with van der Waals surface area (Å²) in [5.41, 5.74) is 2.43. The number of amides is 2. The van der Waals surface area contributed by atoms with Crippen LogP contribution in [0.3, 0.4) is 0 Å². The fourth-order valence-electron chi connectivity index (χ4n) is 2.89. The van der Waals surface area contributed by atoms with Crippen LogP contribution in [-0.2, 0) is 6.42 Å². The highest BCUT2D eigenvalue weighted by molar-refractivity contribution is 7.07. The highest BCUT2D eigenvalue weighted by Gasteiger charge is 2.23. The van der Waals surface area contributed by atoms with Gasteiger partial charge in [-0.05, 0) is 48.1 Å². The first-order valence-corrected chi connectivity index (χ1v) is 9.02. The van der Waals surface area contributed by atoms with Gasteiger partial charge in [-0.25, -0.2) is 4.79 Å². The molecule has 3 rings (SSSR count). The SMILES string of the molecule is CN(C)C(CNC(=O)NCC1Cc2ccccc2O1)c1ccsc1. The number of likely N-dealkylation sites (N-methyl/N-ethyl adjacent to an activating group) is 1. The molecule has 2 amide bonds. The van der Waals surface area contributed by atoms with Gasteiger partial charge in [0.1, 0.15) is 11.9 Å². The van der Waals surface area contributed by atoms with E-state index in [1.165, 1.54) is 11.1 Å². The average molecular weight is 345 g/mol. The lowest BCUT2D eigenvalue weighted by molar-refractivity contribution is 0.210. The van der Waals surface area contributed by atoms with Crippen molar-refractivity contribution in [3.05, 3.63) is 52.2 Å². The Labute approximate surface area is 146 Å². The third-order valence-electron chi connectivity index (χ3n) is 4.21. The van der Waals surface area contributed by atoms with E-state index >= 15 is 0 Å². The molecule has 1 aromatic heterocycles. The number of para-hydroxylation sites is 1. The van der Waals surface area contributed by atoms with E-state index in [4.69, 9.17) is 4.74 Å². The third-order valence-corrected chi connectivity index (χ3v) is 4.91. The second-order valence-corrected chi connectivity index (χ2v) is 6.96. The quantitative estimate of drug-likeness (QED) is 0.846. The van der Waals surface area contributed by atoms with Crippen LogP contribution < -0.4 is 15.4 Å². The molecular formula is C18H23N3O2S. The van der Waals surface area contributed by atoms with E-state index in [-0.39, 0.29) is 18.2 Å². The third kappa shape index (κ3) is 4.07. The molecule has 2 aromatic rings. The summed E-state index contributed by atoms with van der Waals surface area (Å²) in [4.78, 5) is 14.2. The standard InChI is InChI=1S/C18H23N3O2S/c1-21(2)16(14-7-8-24-12-14)11-20-18(22)19-10-15-9-13-5-3-4-6-17(13)23-15/h3-8,12,15-16H,9-11H2,1-2H3,(H2,19,20,22). The molecule has 6 heteroatoms. The summed E-state index contributed by atoms with van der Waals surface area (Å²) < 4.78 is 5.83. The first-order valence-electron chi connectivity index (χ1n) is 8.08. The lowest BCUT2D eigenvalue weighted by atomic mass is 10.1. The predicted molar refractivity (Wildman–Crippen MR) is 96.7 cm³/mol. The van der Waals surface area contributed by atoms with Gasteiger partial charge in [0.2, 0.25) is 0 Å². The van der Waals surface area contributed by atoms with Crippen molar-refractivity contribution in [2.24, 2.45) is 0 Å². The highest BCUT2D eigenvalue weighted by atomic mass is 32.1. The molecule has 0 saturated heterocycles. The second-order valence-electron chi connectivity index (χ2n) is 6.18. The number of nitrogens with zero attached hydrogens (tertiary/aromatic N) is 1. The molecule has 5 nitrogen and oxygen atoms in total. The summed E-state index contributed by atoms with van der Waals surface area (Å²) in [6.45, 7) is 1.08. The van der Waals surface area contributed by atoms with Crippen LogP contribution in [0.15, 0.2) is 41.1 Å². The van der Waals surface area contributed by atoms with Gasteiger partial charge < -0.3 is 20.3 Å². The number of benzene rings is 1. The number of hydrogen-bond acceptors (Lipinski definition) is 4. The van der Waals surface area contributed by atoms with Gasteiger partial charge in [0, 0.05) is 13.0 Å². The largest absolute Gasteiger partial charge is 0.488 e. The monoisotopic (exact) mass is 345 g/mol. The molecule has 2 atom stereocenters. The van der Waals surface area contributed by atoms with Gasteiger partial charge >= 0.3 is 6.03 Å². The number of hydrogen-bond donors (Lipinski definition) is 2. The van der Waals surface area contributed by atoms with Gasteiger partial charge in [-0.3, -0.25) is 0 Å². The summed E-state index contributed by atoms with van der Waals surface area (Å²) >= 11 is 1.67. The maximum absolute atomic E-state index is 12.1. The Bertz CT molecular complexity index is 648. The van der Waals surface area contributed by atoms with E-state index in [0.29, 0.717) is 13.1 Å². The minimum absolute atomic E-state index is 0.00895. The molecule has 2 N–H and O–H groups in total. The van der Waals surface area contributed by atoms with E-state index in [1.807, 2.05) is 32.3 Å². The number of carbonyl (C=O) groups excluding carboxylic acids is 1. The van der Waals surface area contributed by atoms with E-state index in [9.17, 15) is 4.79 Å². The number of nitrogens with one attached hydrogen (secondary N) is 2. The minimum Gasteiger partial charge on any atom is -0.488 e. The molecule has 128 valence electrons. The first kappa shape index (κ1) is 16.8. The lowest BCUT2D eigenvalue weighted by Crippen LogP contribution is -2.43. The normalized spacial score (nSPS) is 17.2. The molecule has 1 aliphatic heterocycles. The van der Waals surface area contributed by atoms with E-state index in [2.05, 4.69) is 38.4 Å². The van der Waals surface area contributed by atoms with Crippen molar-refractivity contribution >= 4 is 17.4 Å². The van der Waals surface area contributed by atoms with Crippen molar-refractivity contribution in [3.8, 4) is 5.75 Å². The number of urea groups is 1. The number of fused-ring (bicyclic) bond motifs is 1. The molecule has 1 aromatic carbocycles. The summed E-state index contributed by atoms with van der Waals surface area (Å²) in [6.07, 6.45) is 0.848. The number of ether oxygens (including phenoxy) is 1. The zero-order valence-electron chi connectivity index (χ0n) is 14.0.